The van der Waals surface area contributed by atoms with Gasteiger partial charge in [-0.05, 0) is 44.7 Å². The van der Waals surface area contributed by atoms with Crippen LogP contribution >= 0.6 is 0 Å². The Bertz CT molecular complexity index is 875. The molecule has 1 saturated carbocycles. The van der Waals surface area contributed by atoms with Crippen LogP contribution in [0, 0.1) is 24.4 Å². The molecule has 0 bridgehead atoms. The molecule has 2 aromatic rings. The largest absolute Gasteiger partial charge is 0.367 e. The van der Waals surface area contributed by atoms with Crippen molar-refractivity contribution in [2.75, 3.05) is 24.3 Å². The number of hydrogen-bond donors (Lipinski definition) is 2. The van der Waals surface area contributed by atoms with Gasteiger partial charge in [-0.1, -0.05) is 0 Å². The topological polar surface area (TPSA) is 70.2 Å². The summed E-state index contributed by atoms with van der Waals surface area (Å²) < 4.78 is 39.7. The normalized spacial score (nSPS) is 19.0. The Hall–Kier alpha value is -2.84. The third-order valence-corrected chi connectivity index (χ3v) is 4.94. The molecule has 0 unspecified atom stereocenters. The van der Waals surface area contributed by atoms with Gasteiger partial charge in [0.2, 0.25) is 0 Å². The van der Waals surface area contributed by atoms with Gasteiger partial charge in [0.1, 0.15) is 17.5 Å². The fourth-order valence-corrected chi connectivity index (χ4v) is 3.40. The van der Waals surface area contributed by atoms with Crippen LogP contribution in [-0.4, -0.2) is 42.1 Å². The summed E-state index contributed by atoms with van der Waals surface area (Å²) in [5.41, 5.74) is -0.227. The van der Waals surface area contributed by atoms with Crippen molar-refractivity contribution in [2.45, 2.75) is 44.7 Å². The monoisotopic (exact) mass is 407 g/mol. The van der Waals surface area contributed by atoms with Gasteiger partial charge in [0.25, 0.3) is 5.91 Å². The van der Waals surface area contributed by atoms with Gasteiger partial charge in [0.05, 0.1) is 0 Å². The molecule has 2 N–H and O–H groups in total. The number of rotatable bonds is 5. The van der Waals surface area contributed by atoms with E-state index in [4.69, 9.17) is 0 Å². The van der Waals surface area contributed by atoms with E-state index in [1.807, 2.05) is 32.0 Å². The lowest BCUT2D eigenvalue weighted by molar-refractivity contribution is 0.0925. The Kier molecular flexibility index (Phi) is 6.24. The van der Waals surface area contributed by atoms with Crippen molar-refractivity contribution in [3.05, 3.63) is 47.0 Å². The summed E-state index contributed by atoms with van der Waals surface area (Å²) in [7, 11) is 3.83. The van der Waals surface area contributed by atoms with E-state index >= 15 is 0 Å². The van der Waals surface area contributed by atoms with Gasteiger partial charge in [-0.2, -0.15) is 0 Å². The standard InChI is InChI=1S/C20H24F3N5O/c1-11-24-17(10-18(25-11)28(2)3)26-13-4-6-14(7-5-13)27-20(29)12-8-15(21)19(23)16(22)9-12/h8-10,13-14H,4-7H2,1-3H3,(H,27,29)(H,24,25,26). The number of benzene rings is 1. The fourth-order valence-electron chi connectivity index (χ4n) is 3.40. The first kappa shape index (κ1) is 20.9. The van der Waals surface area contributed by atoms with E-state index in [0.717, 1.165) is 24.5 Å². The molecular formula is C20H24F3N5O. The Morgan fingerprint density at radius 2 is 1.59 bits per heavy atom. The summed E-state index contributed by atoms with van der Waals surface area (Å²) in [4.78, 5) is 22.9. The fraction of sp³-hybridized carbons (Fsp3) is 0.450. The molecule has 3 rings (SSSR count). The van der Waals surface area contributed by atoms with Gasteiger partial charge in [-0.15, -0.1) is 0 Å². The molecule has 1 aliphatic carbocycles. The van der Waals surface area contributed by atoms with E-state index in [0.29, 0.717) is 30.8 Å². The number of carbonyl (C=O) groups excluding carboxylic acids is 1. The number of aromatic nitrogens is 2. The highest BCUT2D eigenvalue weighted by atomic mass is 19.2. The maximum absolute atomic E-state index is 13.3. The van der Waals surface area contributed by atoms with Gasteiger partial charge in [0, 0.05) is 37.8 Å². The minimum Gasteiger partial charge on any atom is -0.367 e. The molecule has 1 aromatic carbocycles. The lowest BCUT2D eigenvalue weighted by Gasteiger charge is -2.30. The van der Waals surface area contributed by atoms with E-state index in [2.05, 4.69) is 20.6 Å². The lowest BCUT2D eigenvalue weighted by Crippen LogP contribution is -2.40. The van der Waals surface area contributed by atoms with Crippen LogP contribution in [0.15, 0.2) is 18.2 Å². The van der Waals surface area contributed by atoms with Crippen molar-refractivity contribution < 1.29 is 18.0 Å². The number of hydrogen-bond acceptors (Lipinski definition) is 5. The Morgan fingerprint density at radius 1 is 1.00 bits per heavy atom. The first-order chi connectivity index (χ1) is 13.7. The van der Waals surface area contributed by atoms with Crippen molar-refractivity contribution >= 4 is 17.5 Å². The number of carbonyl (C=O) groups is 1. The van der Waals surface area contributed by atoms with Crippen LogP contribution in [0.25, 0.3) is 0 Å². The van der Waals surface area contributed by atoms with Gasteiger partial charge in [0.15, 0.2) is 17.5 Å². The lowest BCUT2D eigenvalue weighted by atomic mass is 9.91. The highest BCUT2D eigenvalue weighted by Crippen LogP contribution is 2.23. The molecule has 0 spiro atoms. The minimum atomic E-state index is -1.58. The molecule has 0 radical (unpaired) electrons. The second kappa shape index (κ2) is 8.67. The first-order valence-electron chi connectivity index (χ1n) is 9.48. The van der Waals surface area contributed by atoms with Crippen molar-refractivity contribution in [2.24, 2.45) is 0 Å². The SMILES string of the molecule is Cc1nc(NC2CCC(NC(=O)c3cc(F)c(F)c(F)c3)CC2)cc(N(C)C)n1. The van der Waals surface area contributed by atoms with Gasteiger partial charge >= 0.3 is 0 Å². The van der Waals surface area contributed by atoms with Crippen LogP contribution in [-0.2, 0) is 0 Å². The molecule has 1 aromatic heterocycles. The Labute approximate surface area is 167 Å². The summed E-state index contributed by atoms with van der Waals surface area (Å²) >= 11 is 0. The van der Waals surface area contributed by atoms with Crippen LogP contribution < -0.4 is 15.5 Å². The third-order valence-electron chi connectivity index (χ3n) is 4.94. The van der Waals surface area contributed by atoms with E-state index < -0.39 is 23.4 Å². The molecule has 9 heteroatoms. The van der Waals surface area contributed by atoms with E-state index in [-0.39, 0.29) is 17.6 Å². The summed E-state index contributed by atoms with van der Waals surface area (Å²) in [6.07, 6.45) is 3.02. The second-order valence-corrected chi connectivity index (χ2v) is 7.47. The predicted molar refractivity (Wildman–Crippen MR) is 105 cm³/mol. The predicted octanol–water partition coefficient (Wildman–Crippen LogP) is 3.42. The molecular weight excluding hydrogens is 383 g/mol. The van der Waals surface area contributed by atoms with Crippen molar-refractivity contribution in [3.8, 4) is 0 Å². The average molecular weight is 407 g/mol. The molecule has 1 amide bonds. The highest BCUT2D eigenvalue weighted by Gasteiger charge is 2.24. The van der Waals surface area contributed by atoms with Crippen LogP contribution in [0.1, 0.15) is 41.9 Å². The molecule has 6 nitrogen and oxygen atoms in total. The second-order valence-electron chi connectivity index (χ2n) is 7.47. The van der Waals surface area contributed by atoms with Crippen molar-refractivity contribution in [3.63, 3.8) is 0 Å². The van der Waals surface area contributed by atoms with Gasteiger partial charge < -0.3 is 15.5 Å². The summed E-state index contributed by atoms with van der Waals surface area (Å²) in [5.74, 6) is -2.68. The molecule has 0 atom stereocenters. The van der Waals surface area contributed by atoms with Crippen LogP contribution in [0.5, 0.6) is 0 Å². The zero-order chi connectivity index (χ0) is 21.1. The molecule has 29 heavy (non-hydrogen) atoms. The number of aryl methyl sites for hydroxylation is 1. The summed E-state index contributed by atoms with van der Waals surface area (Å²) in [5, 5.41) is 6.18. The minimum absolute atomic E-state index is 0.110. The Morgan fingerprint density at radius 3 is 2.17 bits per heavy atom. The molecule has 1 aliphatic rings. The first-order valence-corrected chi connectivity index (χ1v) is 9.48. The maximum atomic E-state index is 13.3. The molecule has 0 aliphatic heterocycles. The zero-order valence-electron chi connectivity index (χ0n) is 16.6. The van der Waals surface area contributed by atoms with Crippen LogP contribution in [0.3, 0.4) is 0 Å². The zero-order valence-corrected chi connectivity index (χ0v) is 16.6. The maximum Gasteiger partial charge on any atom is 0.251 e. The molecule has 0 saturated heterocycles. The summed E-state index contributed by atoms with van der Waals surface area (Å²) in [6.45, 7) is 1.84. The number of nitrogens with zero attached hydrogens (tertiary/aromatic N) is 3. The van der Waals surface area contributed by atoms with E-state index in [9.17, 15) is 18.0 Å². The third kappa shape index (κ3) is 5.16. The number of amides is 1. The molecule has 1 heterocycles. The Balaban J connectivity index is 1.55. The van der Waals surface area contributed by atoms with Crippen LogP contribution in [0.4, 0.5) is 24.8 Å². The highest BCUT2D eigenvalue weighted by molar-refractivity contribution is 5.94. The average Bonchev–Trinajstić information content (AvgIpc) is 2.66. The molecule has 1 fully saturated rings. The number of nitrogens with one attached hydrogen (secondary N) is 2. The number of anilines is 2. The quantitative estimate of drug-likeness (QED) is 0.744. The van der Waals surface area contributed by atoms with Gasteiger partial charge in [-0.3, -0.25) is 4.79 Å². The number of halogens is 3. The van der Waals surface area contributed by atoms with E-state index in [1.165, 1.54) is 0 Å². The van der Waals surface area contributed by atoms with Gasteiger partial charge in [-0.25, -0.2) is 23.1 Å². The smallest absolute Gasteiger partial charge is 0.251 e. The van der Waals surface area contributed by atoms with Crippen LogP contribution in [0.2, 0.25) is 0 Å². The molecule has 156 valence electrons. The van der Waals surface area contributed by atoms with E-state index in [1.54, 1.807) is 0 Å². The van der Waals surface area contributed by atoms with Crippen molar-refractivity contribution in [1.29, 1.82) is 0 Å². The summed E-state index contributed by atoms with van der Waals surface area (Å²) in [6, 6.07) is 3.40. The van der Waals surface area contributed by atoms with Crippen molar-refractivity contribution in [1.82, 2.24) is 15.3 Å².